The molecule has 4 amide bonds. The van der Waals surface area contributed by atoms with Crippen molar-refractivity contribution in [3.8, 4) is 0 Å². The molecule has 0 unspecified atom stereocenters. The van der Waals surface area contributed by atoms with E-state index in [1.54, 1.807) is 12.1 Å². The van der Waals surface area contributed by atoms with Crippen molar-refractivity contribution in [3.63, 3.8) is 0 Å². The molecule has 6 nitrogen and oxygen atoms in total. The summed E-state index contributed by atoms with van der Waals surface area (Å²) in [5.74, 6) is -1.58. The zero-order valence-electron chi connectivity index (χ0n) is 7.65. The van der Waals surface area contributed by atoms with Crippen molar-refractivity contribution >= 4 is 17.8 Å². The molecule has 2 heterocycles. The number of barbiturate groups is 1. The van der Waals surface area contributed by atoms with Crippen LogP contribution < -0.4 is 10.6 Å². The lowest BCUT2D eigenvalue weighted by Gasteiger charge is -2.19. The van der Waals surface area contributed by atoms with Gasteiger partial charge >= 0.3 is 6.03 Å². The molecule has 0 aromatic carbocycles. The predicted molar refractivity (Wildman–Crippen MR) is 47.6 cm³/mol. The van der Waals surface area contributed by atoms with Gasteiger partial charge in [0.05, 0.1) is 6.26 Å². The van der Waals surface area contributed by atoms with Crippen LogP contribution in [0, 0.1) is 5.92 Å². The summed E-state index contributed by atoms with van der Waals surface area (Å²) in [4.78, 5) is 33.4. The van der Waals surface area contributed by atoms with E-state index in [1.807, 2.05) is 10.6 Å². The van der Waals surface area contributed by atoms with Gasteiger partial charge in [0.15, 0.2) is 0 Å². The Morgan fingerprint density at radius 2 is 1.87 bits per heavy atom. The molecule has 0 saturated carbocycles. The maximum absolute atomic E-state index is 11.3. The van der Waals surface area contributed by atoms with Crippen molar-refractivity contribution in [2.24, 2.45) is 5.92 Å². The third-order valence-electron chi connectivity index (χ3n) is 2.09. The summed E-state index contributed by atoms with van der Waals surface area (Å²) in [5, 5.41) is 4.04. The summed E-state index contributed by atoms with van der Waals surface area (Å²) >= 11 is 0. The number of urea groups is 1. The van der Waals surface area contributed by atoms with Gasteiger partial charge < -0.3 is 4.42 Å². The van der Waals surface area contributed by atoms with Gasteiger partial charge in [-0.1, -0.05) is 0 Å². The highest BCUT2D eigenvalue weighted by Gasteiger charge is 2.34. The van der Waals surface area contributed by atoms with Gasteiger partial charge in [-0.25, -0.2) is 4.79 Å². The quantitative estimate of drug-likeness (QED) is 0.659. The molecule has 1 fully saturated rings. The molecule has 15 heavy (non-hydrogen) atoms. The molecule has 1 aromatic rings. The van der Waals surface area contributed by atoms with E-state index in [1.165, 1.54) is 6.26 Å². The van der Waals surface area contributed by atoms with E-state index in [2.05, 4.69) is 0 Å². The lowest BCUT2D eigenvalue weighted by atomic mass is 10.0. The largest absolute Gasteiger partial charge is 0.469 e. The maximum atomic E-state index is 11.3. The summed E-state index contributed by atoms with van der Waals surface area (Å²) in [6, 6.07) is 2.55. The van der Waals surface area contributed by atoms with E-state index in [0.29, 0.717) is 5.76 Å². The van der Waals surface area contributed by atoms with Crippen LogP contribution in [-0.4, -0.2) is 17.8 Å². The van der Waals surface area contributed by atoms with Crippen LogP contribution in [0.3, 0.4) is 0 Å². The highest BCUT2D eigenvalue weighted by molar-refractivity contribution is 6.16. The van der Waals surface area contributed by atoms with Gasteiger partial charge in [0, 0.05) is 6.42 Å². The van der Waals surface area contributed by atoms with Crippen LogP contribution in [0.4, 0.5) is 4.79 Å². The number of imide groups is 2. The Morgan fingerprint density at radius 3 is 2.40 bits per heavy atom. The Bertz CT molecular complexity index is 390. The van der Waals surface area contributed by atoms with Crippen molar-refractivity contribution in [1.29, 1.82) is 0 Å². The van der Waals surface area contributed by atoms with Crippen LogP contribution in [0.15, 0.2) is 22.8 Å². The zero-order valence-corrected chi connectivity index (χ0v) is 7.65. The van der Waals surface area contributed by atoms with E-state index >= 15 is 0 Å². The lowest BCUT2D eigenvalue weighted by molar-refractivity contribution is -0.135. The second-order valence-electron chi connectivity index (χ2n) is 3.14. The first kappa shape index (κ1) is 9.45. The first-order valence-electron chi connectivity index (χ1n) is 4.35. The number of rotatable bonds is 2. The second-order valence-corrected chi connectivity index (χ2v) is 3.14. The lowest BCUT2D eigenvalue weighted by Crippen LogP contribution is -2.56. The molecule has 1 saturated heterocycles. The Hall–Kier alpha value is -2.11. The summed E-state index contributed by atoms with van der Waals surface area (Å²) in [7, 11) is 0. The second kappa shape index (κ2) is 3.56. The van der Waals surface area contributed by atoms with Crippen LogP contribution in [0.5, 0.6) is 0 Å². The van der Waals surface area contributed by atoms with Crippen molar-refractivity contribution < 1.29 is 18.8 Å². The molecular weight excluding hydrogens is 200 g/mol. The Balaban J connectivity index is 2.11. The van der Waals surface area contributed by atoms with Gasteiger partial charge in [-0.15, -0.1) is 0 Å². The van der Waals surface area contributed by atoms with Crippen LogP contribution in [-0.2, 0) is 16.0 Å². The van der Waals surface area contributed by atoms with Crippen LogP contribution in [0.1, 0.15) is 5.76 Å². The first-order valence-corrected chi connectivity index (χ1v) is 4.35. The fourth-order valence-corrected chi connectivity index (χ4v) is 1.36. The molecular formula is C9H8N2O4. The molecule has 1 aromatic heterocycles. The van der Waals surface area contributed by atoms with Gasteiger partial charge in [0.1, 0.15) is 11.7 Å². The number of nitrogens with one attached hydrogen (secondary N) is 2. The van der Waals surface area contributed by atoms with Gasteiger partial charge in [0.25, 0.3) is 0 Å². The molecule has 0 aliphatic carbocycles. The number of carbonyl (C=O) groups excluding carboxylic acids is 3. The third-order valence-corrected chi connectivity index (χ3v) is 2.09. The van der Waals surface area contributed by atoms with E-state index < -0.39 is 23.8 Å². The van der Waals surface area contributed by atoms with Gasteiger partial charge in [-0.3, -0.25) is 20.2 Å². The average molecular weight is 208 g/mol. The topological polar surface area (TPSA) is 88.4 Å². The minimum Gasteiger partial charge on any atom is -0.469 e. The van der Waals surface area contributed by atoms with E-state index in [4.69, 9.17) is 4.42 Å². The highest BCUT2D eigenvalue weighted by atomic mass is 16.3. The van der Waals surface area contributed by atoms with E-state index in [9.17, 15) is 14.4 Å². The van der Waals surface area contributed by atoms with Crippen molar-refractivity contribution in [1.82, 2.24) is 10.6 Å². The van der Waals surface area contributed by atoms with Crippen LogP contribution >= 0.6 is 0 Å². The predicted octanol–water partition coefficient (Wildman–Crippen LogP) is -0.196. The van der Waals surface area contributed by atoms with E-state index in [-0.39, 0.29) is 6.42 Å². The molecule has 2 rings (SSSR count). The number of hydrogen-bond acceptors (Lipinski definition) is 4. The monoisotopic (exact) mass is 208 g/mol. The molecule has 0 bridgehead atoms. The Labute approximate surface area is 84.6 Å². The molecule has 0 atom stereocenters. The average Bonchev–Trinajstić information content (AvgIpc) is 2.63. The third kappa shape index (κ3) is 1.88. The number of hydrogen-bond donors (Lipinski definition) is 2. The fraction of sp³-hybridized carbons (Fsp3) is 0.222. The standard InChI is InChI=1S/C9H8N2O4/c12-7-6(4-5-2-1-3-15-5)8(13)11-9(14)10-7/h1-3,6H,4H2,(H2,10,11,12,13,14). The summed E-state index contributed by atoms with van der Waals surface area (Å²) in [6.45, 7) is 0. The van der Waals surface area contributed by atoms with Gasteiger partial charge in [-0.05, 0) is 12.1 Å². The molecule has 1 aliphatic rings. The van der Waals surface area contributed by atoms with Crippen molar-refractivity contribution in [2.45, 2.75) is 6.42 Å². The molecule has 6 heteroatoms. The molecule has 78 valence electrons. The van der Waals surface area contributed by atoms with Crippen molar-refractivity contribution in [2.75, 3.05) is 0 Å². The maximum Gasteiger partial charge on any atom is 0.328 e. The first-order chi connectivity index (χ1) is 7.16. The van der Waals surface area contributed by atoms with Crippen LogP contribution in [0.2, 0.25) is 0 Å². The molecule has 0 radical (unpaired) electrons. The molecule has 0 spiro atoms. The summed E-state index contributed by atoms with van der Waals surface area (Å²) in [5.41, 5.74) is 0. The smallest absolute Gasteiger partial charge is 0.328 e. The normalized spacial score (nSPS) is 17.5. The highest BCUT2D eigenvalue weighted by Crippen LogP contribution is 2.11. The SMILES string of the molecule is O=C1NC(=O)C(Cc2ccco2)C(=O)N1. The zero-order chi connectivity index (χ0) is 10.8. The summed E-state index contributed by atoms with van der Waals surface area (Å²) < 4.78 is 5.01. The Morgan fingerprint density at radius 1 is 1.20 bits per heavy atom. The number of amides is 4. The minimum absolute atomic E-state index is 0.151. The van der Waals surface area contributed by atoms with Crippen molar-refractivity contribution in [3.05, 3.63) is 24.2 Å². The summed E-state index contributed by atoms with van der Waals surface area (Å²) in [6.07, 6.45) is 1.61. The molecule has 2 N–H and O–H groups in total. The van der Waals surface area contributed by atoms with Crippen LogP contribution in [0.25, 0.3) is 0 Å². The number of furan rings is 1. The van der Waals surface area contributed by atoms with Gasteiger partial charge in [-0.2, -0.15) is 0 Å². The Kier molecular flexibility index (Phi) is 2.24. The minimum atomic E-state index is -0.908. The number of carbonyl (C=O) groups is 3. The van der Waals surface area contributed by atoms with E-state index in [0.717, 1.165) is 0 Å². The molecule has 1 aliphatic heterocycles. The fourth-order valence-electron chi connectivity index (χ4n) is 1.36. The van der Waals surface area contributed by atoms with Gasteiger partial charge in [0.2, 0.25) is 11.8 Å².